The fourth-order valence-electron chi connectivity index (χ4n) is 2.22. The van der Waals surface area contributed by atoms with E-state index in [0.717, 1.165) is 12.1 Å². The standard InChI is InChI=1S/C16H15ClN2O6S/c1-2-25-16(20)11-18(13-8-4-3-7-12(13)17)26(23,24)15-10-6-5-9-14(15)19(21)22/h3-10H,2,11H2,1H3. The molecule has 0 saturated heterocycles. The van der Waals surface area contributed by atoms with Crippen molar-refractivity contribution in [1.29, 1.82) is 0 Å². The molecule has 0 aliphatic rings. The number of nitro benzene ring substituents is 1. The Morgan fingerprint density at radius 3 is 2.42 bits per heavy atom. The number of carbonyl (C=O) groups excluding carboxylic acids is 1. The summed E-state index contributed by atoms with van der Waals surface area (Å²) >= 11 is 6.08. The van der Waals surface area contributed by atoms with Crippen LogP contribution >= 0.6 is 11.6 Å². The highest BCUT2D eigenvalue weighted by Crippen LogP contribution is 2.33. The summed E-state index contributed by atoms with van der Waals surface area (Å²) in [7, 11) is -4.46. The minimum absolute atomic E-state index is 0.0142. The maximum Gasteiger partial charge on any atom is 0.326 e. The average molecular weight is 399 g/mol. The molecule has 0 unspecified atom stereocenters. The molecule has 138 valence electrons. The molecule has 0 aliphatic carbocycles. The van der Waals surface area contributed by atoms with Gasteiger partial charge in [0.25, 0.3) is 15.7 Å². The first-order valence-corrected chi connectivity index (χ1v) is 9.27. The van der Waals surface area contributed by atoms with Crippen molar-refractivity contribution in [2.24, 2.45) is 0 Å². The van der Waals surface area contributed by atoms with Gasteiger partial charge in [-0.15, -0.1) is 0 Å². The Morgan fingerprint density at radius 1 is 1.19 bits per heavy atom. The van der Waals surface area contributed by atoms with Crippen molar-refractivity contribution >= 4 is 39.0 Å². The van der Waals surface area contributed by atoms with Crippen LogP contribution in [0.1, 0.15) is 6.92 Å². The number of ether oxygens (including phenoxy) is 1. The number of anilines is 1. The maximum atomic E-state index is 13.1. The highest BCUT2D eigenvalue weighted by molar-refractivity contribution is 7.93. The largest absolute Gasteiger partial charge is 0.465 e. The van der Waals surface area contributed by atoms with E-state index >= 15 is 0 Å². The van der Waals surface area contributed by atoms with Crippen LogP contribution in [-0.4, -0.2) is 32.5 Å². The van der Waals surface area contributed by atoms with E-state index in [1.807, 2.05) is 0 Å². The summed E-state index contributed by atoms with van der Waals surface area (Å²) in [6.07, 6.45) is 0. The van der Waals surface area contributed by atoms with Crippen molar-refractivity contribution in [3.8, 4) is 0 Å². The number of para-hydroxylation sites is 2. The molecule has 0 amide bonds. The van der Waals surface area contributed by atoms with E-state index in [-0.39, 0.29) is 17.3 Å². The Hall–Kier alpha value is -2.65. The fraction of sp³-hybridized carbons (Fsp3) is 0.188. The maximum absolute atomic E-state index is 13.1. The smallest absolute Gasteiger partial charge is 0.326 e. The van der Waals surface area contributed by atoms with E-state index < -0.39 is 38.0 Å². The van der Waals surface area contributed by atoms with Crippen LogP contribution < -0.4 is 4.31 Å². The molecule has 0 saturated carbocycles. The molecule has 0 bridgehead atoms. The molecule has 2 rings (SSSR count). The van der Waals surface area contributed by atoms with E-state index in [1.165, 1.54) is 30.3 Å². The number of hydrogen-bond acceptors (Lipinski definition) is 6. The lowest BCUT2D eigenvalue weighted by Gasteiger charge is -2.24. The lowest BCUT2D eigenvalue weighted by molar-refractivity contribution is -0.387. The van der Waals surface area contributed by atoms with Crippen LogP contribution in [0.5, 0.6) is 0 Å². The molecule has 26 heavy (non-hydrogen) atoms. The van der Waals surface area contributed by atoms with Crippen LogP contribution in [0, 0.1) is 10.1 Å². The molecule has 8 nitrogen and oxygen atoms in total. The first kappa shape index (κ1) is 19.7. The average Bonchev–Trinajstić information content (AvgIpc) is 2.60. The van der Waals surface area contributed by atoms with E-state index in [9.17, 15) is 23.3 Å². The predicted molar refractivity (Wildman–Crippen MR) is 95.7 cm³/mol. The Morgan fingerprint density at radius 2 is 1.81 bits per heavy atom. The summed E-state index contributed by atoms with van der Waals surface area (Å²) in [5.74, 6) is -0.811. The summed E-state index contributed by atoms with van der Waals surface area (Å²) in [5, 5.41) is 11.3. The highest BCUT2D eigenvalue weighted by atomic mass is 35.5. The highest BCUT2D eigenvalue weighted by Gasteiger charge is 2.34. The van der Waals surface area contributed by atoms with Crippen molar-refractivity contribution < 1.29 is 22.9 Å². The summed E-state index contributed by atoms with van der Waals surface area (Å²) in [4.78, 5) is 21.8. The zero-order valence-corrected chi connectivity index (χ0v) is 15.2. The van der Waals surface area contributed by atoms with Gasteiger partial charge in [-0.25, -0.2) is 8.42 Å². The monoisotopic (exact) mass is 398 g/mol. The minimum atomic E-state index is -4.46. The molecule has 2 aromatic rings. The van der Waals surface area contributed by atoms with Gasteiger partial charge in [0.15, 0.2) is 4.90 Å². The van der Waals surface area contributed by atoms with Gasteiger partial charge >= 0.3 is 5.97 Å². The van der Waals surface area contributed by atoms with Crippen molar-refractivity contribution in [3.63, 3.8) is 0 Å². The Kier molecular flexibility index (Phi) is 6.17. The number of esters is 1. The molecule has 10 heteroatoms. The summed E-state index contributed by atoms with van der Waals surface area (Å²) in [5.41, 5.74) is -0.589. The van der Waals surface area contributed by atoms with Gasteiger partial charge in [0.05, 0.1) is 22.2 Å². The van der Waals surface area contributed by atoms with Gasteiger partial charge in [-0.1, -0.05) is 35.9 Å². The van der Waals surface area contributed by atoms with Gasteiger partial charge in [0.2, 0.25) is 0 Å². The number of nitrogens with zero attached hydrogens (tertiary/aromatic N) is 2. The number of halogens is 1. The molecule has 0 heterocycles. The van der Waals surface area contributed by atoms with Crippen molar-refractivity contribution in [2.75, 3.05) is 17.5 Å². The Labute approximate surface area is 155 Å². The van der Waals surface area contributed by atoms with Crippen LogP contribution in [0.4, 0.5) is 11.4 Å². The quantitative estimate of drug-likeness (QED) is 0.403. The fourth-order valence-corrected chi connectivity index (χ4v) is 4.10. The van der Waals surface area contributed by atoms with Crippen LogP contribution in [0.3, 0.4) is 0 Å². The van der Waals surface area contributed by atoms with Gasteiger partial charge < -0.3 is 4.74 Å². The van der Waals surface area contributed by atoms with Gasteiger partial charge in [-0.05, 0) is 25.1 Å². The van der Waals surface area contributed by atoms with Gasteiger partial charge in [-0.3, -0.25) is 19.2 Å². The topological polar surface area (TPSA) is 107 Å². The second-order valence-electron chi connectivity index (χ2n) is 4.99. The molecule has 0 aliphatic heterocycles. The number of benzene rings is 2. The molecule has 0 radical (unpaired) electrons. The van der Waals surface area contributed by atoms with Gasteiger partial charge in [0.1, 0.15) is 6.54 Å². The number of nitro groups is 1. The lowest BCUT2D eigenvalue weighted by atomic mass is 10.3. The molecule has 0 spiro atoms. The SMILES string of the molecule is CCOC(=O)CN(c1ccccc1Cl)S(=O)(=O)c1ccccc1[N+](=O)[O-]. The second-order valence-corrected chi connectivity index (χ2v) is 7.23. The zero-order valence-electron chi connectivity index (χ0n) is 13.7. The zero-order chi connectivity index (χ0) is 19.3. The van der Waals surface area contributed by atoms with Crippen LogP contribution in [0.25, 0.3) is 0 Å². The van der Waals surface area contributed by atoms with E-state index in [0.29, 0.717) is 4.31 Å². The Balaban J connectivity index is 2.63. The van der Waals surface area contributed by atoms with Crippen molar-refractivity contribution in [2.45, 2.75) is 11.8 Å². The van der Waals surface area contributed by atoms with Gasteiger partial charge in [-0.2, -0.15) is 0 Å². The van der Waals surface area contributed by atoms with E-state index in [2.05, 4.69) is 0 Å². The molecule has 0 fully saturated rings. The third kappa shape index (κ3) is 4.12. The minimum Gasteiger partial charge on any atom is -0.465 e. The second kappa shape index (κ2) is 8.15. The van der Waals surface area contributed by atoms with Crippen molar-refractivity contribution in [1.82, 2.24) is 0 Å². The number of carbonyl (C=O) groups is 1. The number of rotatable bonds is 7. The summed E-state index contributed by atoms with van der Waals surface area (Å²) in [6, 6.07) is 10.8. The molecular weight excluding hydrogens is 384 g/mol. The molecule has 0 atom stereocenters. The van der Waals surface area contributed by atoms with Crippen LogP contribution in [0.15, 0.2) is 53.4 Å². The van der Waals surface area contributed by atoms with Gasteiger partial charge in [0, 0.05) is 6.07 Å². The normalized spacial score (nSPS) is 11.0. The lowest BCUT2D eigenvalue weighted by Crippen LogP contribution is -2.37. The van der Waals surface area contributed by atoms with E-state index in [4.69, 9.17) is 16.3 Å². The summed E-state index contributed by atoms with van der Waals surface area (Å²) in [6.45, 7) is 0.959. The van der Waals surface area contributed by atoms with Crippen molar-refractivity contribution in [3.05, 3.63) is 63.7 Å². The number of hydrogen-bond donors (Lipinski definition) is 0. The molecule has 0 aromatic heterocycles. The molecule has 0 N–H and O–H groups in total. The molecular formula is C16H15ClN2O6S. The first-order valence-electron chi connectivity index (χ1n) is 7.45. The third-order valence-electron chi connectivity index (χ3n) is 3.33. The number of sulfonamides is 1. The predicted octanol–water partition coefficient (Wildman–Crippen LogP) is 3.01. The summed E-state index contributed by atoms with van der Waals surface area (Å²) < 4.78 is 31.7. The first-order chi connectivity index (χ1) is 12.3. The van der Waals surface area contributed by atoms with Crippen LogP contribution in [0.2, 0.25) is 5.02 Å². The van der Waals surface area contributed by atoms with E-state index in [1.54, 1.807) is 13.0 Å². The Bertz CT molecular complexity index is 932. The molecule has 2 aromatic carbocycles. The van der Waals surface area contributed by atoms with Crippen LogP contribution in [-0.2, 0) is 19.6 Å². The third-order valence-corrected chi connectivity index (χ3v) is 5.46.